The average molecular weight is 341 g/mol. The highest BCUT2D eigenvalue weighted by molar-refractivity contribution is 5.92. The lowest BCUT2D eigenvalue weighted by molar-refractivity contribution is 0.0641. The highest BCUT2D eigenvalue weighted by Gasteiger charge is 2.29. The second-order valence-electron chi connectivity index (χ2n) is 6.84. The highest BCUT2D eigenvalue weighted by atomic mass is 35.5. The quantitative estimate of drug-likeness (QED) is 0.919. The summed E-state index contributed by atoms with van der Waals surface area (Å²) < 4.78 is 2.01. The summed E-state index contributed by atoms with van der Waals surface area (Å²) in [6.45, 7) is 3.68. The smallest absolute Gasteiger partial charge is 0.274 e. The van der Waals surface area contributed by atoms with Gasteiger partial charge in [0.2, 0.25) is 0 Å². The third kappa shape index (κ3) is 4.07. The van der Waals surface area contributed by atoms with Crippen LogP contribution in [-0.2, 0) is 0 Å². The summed E-state index contributed by atoms with van der Waals surface area (Å²) >= 11 is 0. The summed E-state index contributed by atoms with van der Waals surface area (Å²) in [5.74, 6) is 0.484. The van der Waals surface area contributed by atoms with Gasteiger partial charge in [0.15, 0.2) is 0 Å². The molecule has 6 heteroatoms. The summed E-state index contributed by atoms with van der Waals surface area (Å²) in [5.41, 5.74) is 6.73. The Kier molecular flexibility index (Phi) is 6.48. The maximum absolute atomic E-state index is 12.7. The summed E-state index contributed by atoms with van der Waals surface area (Å²) in [6.07, 6.45) is 10.2. The lowest BCUT2D eigenvalue weighted by atomic mass is 9.90. The molecule has 2 heterocycles. The Morgan fingerprint density at radius 2 is 2.04 bits per heavy atom. The van der Waals surface area contributed by atoms with Crippen LogP contribution in [0.25, 0.3) is 0 Å². The number of carbonyl (C=O) groups is 1. The summed E-state index contributed by atoms with van der Waals surface area (Å²) in [4.78, 5) is 14.6. The van der Waals surface area contributed by atoms with E-state index in [0.29, 0.717) is 17.7 Å². The van der Waals surface area contributed by atoms with Crippen molar-refractivity contribution in [2.45, 2.75) is 64.0 Å². The summed E-state index contributed by atoms with van der Waals surface area (Å²) in [5, 5.41) is 4.57. The monoisotopic (exact) mass is 340 g/mol. The number of carbonyl (C=O) groups excluding carboxylic acids is 1. The molecular formula is C17H29ClN4O. The number of aromatic nitrogens is 2. The van der Waals surface area contributed by atoms with Crippen LogP contribution in [0.2, 0.25) is 0 Å². The predicted octanol–water partition coefficient (Wildman–Crippen LogP) is 3.01. The molecule has 1 aromatic heterocycles. The second-order valence-corrected chi connectivity index (χ2v) is 6.84. The maximum atomic E-state index is 12.7. The molecule has 1 amide bonds. The van der Waals surface area contributed by atoms with E-state index in [1.165, 1.54) is 32.1 Å². The molecule has 1 aliphatic heterocycles. The lowest BCUT2D eigenvalue weighted by Crippen LogP contribution is -2.49. The lowest BCUT2D eigenvalue weighted by Gasteiger charge is -2.36. The largest absolute Gasteiger partial charge is 0.337 e. The molecule has 1 saturated carbocycles. The maximum Gasteiger partial charge on any atom is 0.274 e. The Balaban J connectivity index is 0.00000192. The average Bonchev–Trinajstić information content (AvgIpc) is 3.05. The molecule has 1 aromatic rings. The first kappa shape index (κ1) is 18.3. The van der Waals surface area contributed by atoms with Crippen LogP contribution in [-0.4, -0.2) is 39.7 Å². The van der Waals surface area contributed by atoms with E-state index in [4.69, 9.17) is 5.73 Å². The molecule has 130 valence electrons. The van der Waals surface area contributed by atoms with Crippen molar-refractivity contribution >= 4 is 18.3 Å². The molecule has 1 saturated heterocycles. The third-order valence-electron chi connectivity index (χ3n) is 5.38. The first-order valence-electron chi connectivity index (χ1n) is 8.79. The molecule has 0 aromatic carbocycles. The van der Waals surface area contributed by atoms with Crippen LogP contribution in [0.4, 0.5) is 0 Å². The van der Waals surface area contributed by atoms with Crippen molar-refractivity contribution in [3.8, 4) is 0 Å². The zero-order chi connectivity index (χ0) is 15.5. The van der Waals surface area contributed by atoms with Crippen molar-refractivity contribution in [3.05, 3.63) is 18.0 Å². The number of hydrogen-bond acceptors (Lipinski definition) is 3. The molecule has 2 unspecified atom stereocenters. The highest BCUT2D eigenvalue weighted by Crippen LogP contribution is 2.27. The topological polar surface area (TPSA) is 64.2 Å². The van der Waals surface area contributed by atoms with Gasteiger partial charge in [0.25, 0.3) is 5.91 Å². The van der Waals surface area contributed by atoms with Crippen molar-refractivity contribution in [3.63, 3.8) is 0 Å². The number of nitrogens with zero attached hydrogens (tertiary/aromatic N) is 3. The van der Waals surface area contributed by atoms with Crippen LogP contribution < -0.4 is 5.73 Å². The molecule has 0 spiro atoms. The van der Waals surface area contributed by atoms with Gasteiger partial charge in [-0.3, -0.25) is 9.48 Å². The van der Waals surface area contributed by atoms with Crippen LogP contribution in [0.15, 0.2) is 12.3 Å². The fraction of sp³-hybridized carbons (Fsp3) is 0.765. The van der Waals surface area contributed by atoms with Crippen molar-refractivity contribution in [1.82, 2.24) is 14.7 Å². The van der Waals surface area contributed by atoms with Crippen molar-refractivity contribution < 1.29 is 4.79 Å². The number of amides is 1. The van der Waals surface area contributed by atoms with Crippen molar-refractivity contribution in [2.24, 2.45) is 11.7 Å². The van der Waals surface area contributed by atoms with E-state index in [9.17, 15) is 4.79 Å². The predicted molar refractivity (Wildman–Crippen MR) is 93.9 cm³/mol. The van der Waals surface area contributed by atoms with Crippen molar-refractivity contribution in [2.75, 3.05) is 13.1 Å². The van der Waals surface area contributed by atoms with Gasteiger partial charge in [-0.1, -0.05) is 32.6 Å². The summed E-state index contributed by atoms with van der Waals surface area (Å²) in [7, 11) is 0. The van der Waals surface area contributed by atoms with Gasteiger partial charge in [-0.05, 0) is 31.2 Å². The number of halogens is 1. The second kappa shape index (κ2) is 8.15. The molecule has 2 N–H and O–H groups in total. The molecule has 2 fully saturated rings. The summed E-state index contributed by atoms with van der Waals surface area (Å²) in [6, 6.07) is 2.59. The minimum atomic E-state index is 0. The number of piperidine rings is 1. The zero-order valence-corrected chi connectivity index (χ0v) is 14.8. The number of likely N-dealkylation sites (tertiary alicyclic amines) is 1. The number of rotatable bonds is 3. The minimum Gasteiger partial charge on any atom is -0.337 e. The minimum absolute atomic E-state index is 0. The van der Waals surface area contributed by atoms with E-state index in [1.807, 2.05) is 21.8 Å². The fourth-order valence-electron chi connectivity index (χ4n) is 3.83. The van der Waals surface area contributed by atoms with Crippen molar-refractivity contribution in [1.29, 1.82) is 0 Å². The third-order valence-corrected chi connectivity index (χ3v) is 5.38. The van der Waals surface area contributed by atoms with Crippen LogP contribution >= 0.6 is 12.4 Å². The van der Waals surface area contributed by atoms with Gasteiger partial charge < -0.3 is 10.6 Å². The SMILES string of the molecule is CCC1CN(C(=O)c2ccn(C3CCCCC3)n2)CCC1N.Cl. The molecule has 5 nitrogen and oxygen atoms in total. The van der Waals surface area contributed by atoms with Gasteiger partial charge in [-0.25, -0.2) is 0 Å². The molecule has 2 aliphatic rings. The molecule has 2 atom stereocenters. The Bertz CT molecular complexity index is 512. The van der Waals surface area contributed by atoms with E-state index in [-0.39, 0.29) is 24.4 Å². The Hall–Kier alpha value is -1.07. The van der Waals surface area contributed by atoms with Gasteiger partial charge in [0.05, 0.1) is 6.04 Å². The van der Waals surface area contributed by atoms with E-state index in [1.54, 1.807) is 0 Å². The number of nitrogens with two attached hydrogens (primary N) is 1. The van der Waals surface area contributed by atoms with Crippen LogP contribution in [0.3, 0.4) is 0 Å². The molecule has 23 heavy (non-hydrogen) atoms. The number of hydrogen-bond donors (Lipinski definition) is 1. The molecular weight excluding hydrogens is 312 g/mol. The standard InChI is InChI=1S/C17H28N4O.ClH/c1-2-13-12-20(10-8-15(13)18)17(22)16-9-11-21(19-16)14-6-4-3-5-7-14;/h9,11,13-15H,2-8,10,12,18H2,1H3;1H. The van der Waals surface area contributed by atoms with Crippen LogP contribution in [0, 0.1) is 5.92 Å². The van der Waals surface area contributed by atoms with Crippen LogP contribution in [0.1, 0.15) is 68.4 Å². The Morgan fingerprint density at radius 3 is 2.74 bits per heavy atom. The molecule has 0 radical (unpaired) electrons. The van der Waals surface area contributed by atoms with Gasteiger partial charge in [-0.2, -0.15) is 5.10 Å². The fourth-order valence-corrected chi connectivity index (χ4v) is 3.83. The van der Waals surface area contributed by atoms with Gasteiger partial charge in [-0.15, -0.1) is 12.4 Å². The van der Waals surface area contributed by atoms with E-state index in [0.717, 1.165) is 25.9 Å². The van der Waals surface area contributed by atoms with E-state index >= 15 is 0 Å². The van der Waals surface area contributed by atoms with Gasteiger partial charge in [0.1, 0.15) is 5.69 Å². The Morgan fingerprint density at radius 1 is 1.30 bits per heavy atom. The van der Waals surface area contributed by atoms with Gasteiger partial charge >= 0.3 is 0 Å². The Labute approximate surface area is 145 Å². The first-order valence-corrected chi connectivity index (χ1v) is 8.79. The molecule has 0 bridgehead atoms. The first-order chi connectivity index (χ1) is 10.7. The molecule has 3 rings (SSSR count). The molecule has 1 aliphatic carbocycles. The van der Waals surface area contributed by atoms with Crippen LogP contribution in [0.5, 0.6) is 0 Å². The van der Waals surface area contributed by atoms with E-state index < -0.39 is 0 Å². The van der Waals surface area contributed by atoms with E-state index in [2.05, 4.69) is 12.0 Å². The zero-order valence-electron chi connectivity index (χ0n) is 14.0. The normalized spacial score (nSPS) is 25.9. The van der Waals surface area contributed by atoms with Gasteiger partial charge in [0, 0.05) is 25.3 Å².